The van der Waals surface area contributed by atoms with E-state index >= 15 is 0 Å². The zero-order valence-corrected chi connectivity index (χ0v) is 13.5. The predicted octanol–water partition coefficient (Wildman–Crippen LogP) is 2.38. The van der Waals surface area contributed by atoms with E-state index in [1.807, 2.05) is 26.8 Å². The van der Waals surface area contributed by atoms with Gasteiger partial charge in [-0.15, -0.1) is 0 Å². The summed E-state index contributed by atoms with van der Waals surface area (Å²) in [6.07, 6.45) is 2.56. The Kier molecular flexibility index (Phi) is 6.44. The first-order chi connectivity index (χ1) is 10.4. The Morgan fingerprint density at radius 3 is 2.45 bits per heavy atom. The summed E-state index contributed by atoms with van der Waals surface area (Å²) in [7, 11) is 0. The molecule has 1 rings (SSSR count). The molecule has 0 spiro atoms. The van der Waals surface area contributed by atoms with E-state index < -0.39 is 0 Å². The van der Waals surface area contributed by atoms with Crippen molar-refractivity contribution in [1.29, 1.82) is 10.8 Å². The second kappa shape index (κ2) is 8.07. The molecule has 0 radical (unpaired) electrons. The van der Waals surface area contributed by atoms with E-state index in [2.05, 4.69) is 15.6 Å². The molecule has 1 aromatic rings. The van der Waals surface area contributed by atoms with Gasteiger partial charge in [-0.25, -0.2) is 4.98 Å². The highest BCUT2D eigenvalue weighted by Gasteiger charge is 2.11. The van der Waals surface area contributed by atoms with E-state index in [0.29, 0.717) is 30.2 Å². The molecule has 0 unspecified atom stereocenters. The third-order valence-electron chi connectivity index (χ3n) is 3.16. The lowest BCUT2D eigenvalue weighted by Crippen LogP contribution is -2.26. The number of rotatable bonds is 7. The number of carbonyl (C=O) groups is 1. The third-order valence-corrected chi connectivity index (χ3v) is 3.16. The first-order valence-electron chi connectivity index (χ1n) is 7.09. The monoisotopic (exact) mass is 301 g/mol. The molecule has 1 heterocycles. The minimum atomic E-state index is -0.0809. The van der Waals surface area contributed by atoms with Gasteiger partial charge in [-0.1, -0.05) is 5.57 Å². The molecule has 0 atom stereocenters. The van der Waals surface area contributed by atoms with Gasteiger partial charge in [0.05, 0.1) is 5.69 Å². The van der Waals surface area contributed by atoms with Gasteiger partial charge in [-0.05, 0) is 32.4 Å². The zero-order chi connectivity index (χ0) is 16.7. The van der Waals surface area contributed by atoms with Crippen molar-refractivity contribution >= 4 is 29.7 Å². The van der Waals surface area contributed by atoms with Crippen molar-refractivity contribution in [3.63, 3.8) is 0 Å². The minimum Gasteiger partial charge on any atom is -0.368 e. The number of aryl methyl sites for hydroxylation is 1. The number of nitrogens with zero attached hydrogens (tertiary/aromatic N) is 1. The molecule has 0 aromatic carbocycles. The summed E-state index contributed by atoms with van der Waals surface area (Å²) < 4.78 is 0. The van der Waals surface area contributed by atoms with Crippen molar-refractivity contribution in [2.24, 2.45) is 0 Å². The van der Waals surface area contributed by atoms with Crippen LogP contribution < -0.4 is 10.6 Å². The van der Waals surface area contributed by atoms with Crippen LogP contribution >= 0.6 is 0 Å². The molecular weight excluding hydrogens is 278 g/mol. The average molecular weight is 301 g/mol. The largest absolute Gasteiger partial charge is 0.368 e. The lowest BCUT2D eigenvalue weighted by atomic mass is 10.0. The molecule has 0 aliphatic carbocycles. The smallest absolute Gasteiger partial charge is 0.216 e. The highest BCUT2D eigenvalue weighted by atomic mass is 16.1. The van der Waals surface area contributed by atoms with Gasteiger partial charge in [0.25, 0.3) is 0 Å². The second-order valence-corrected chi connectivity index (χ2v) is 5.20. The Balaban J connectivity index is 3.11. The normalized spacial score (nSPS) is 9.82. The first kappa shape index (κ1) is 17.6. The topological polar surface area (TPSA) is 102 Å². The predicted molar refractivity (Wildman–Crippen MR) is 91.1 cm³/mol. The number of allylic oxidation sites excluding steroid dienone is 2. The maximum atomic E-state index is 10.9. The lowest BCUT2D eigenvalue weighted by Gasteiger charge is -2.14. The van der Waals surface area contributed by atoms with Crippen LogP contribution in [0.3, 0.4) is 0 Å². The van der Waals surface area contributed by atoms with E-state index in [1.165, 1.54) is 19.4 Å². The molecule has 0 fully saturated rings. The summed E-state index contributed by atoms with van der Waals surface area (Å²) in [6.45, 7) is 8.26. The number of hydrogen-bond acceptors (Lipinski definition) is 5. The van der Waals surface area contributed by atoms with Crippen LogP contribution in [0.4, 0.5) is 5.82 Å². The summed E-state index contributed by atoms with van der Waals surface area (Å²) >= 11 is 0. The lowest BCUT2D eigenvalue weighted by molar-refractivity contribution is -0.118. The van der Waals surface area contributed by atoms with Gasteiger partial charge in [0.1, 0.15) is 5.82 Å². The maximum Gasteiger partial charge on any atom is 0.216 e. The third kappa shape index (κ3) is 4.51. The van der Waals surface area contributed by atoms with Gasteiger partial charge < -0.3 is 21.5 Å². The number of amides is 1. The molecule has 1 amide bonds. The summed E-state index contributed by atoms with van der Waals surface area (Å²) in [6, 6.07) is 1.88. The van der Waals surface area contributed by atoms with Gasteiger partial charge in [0.2, 0.25) is 5.91 Å². The average Bonchev–Trinajstić information content (AvgIpc) is 2.43. The molecule has 0 bridgehead atoms. The van der Waals surface area contributed by atoms with Gasteiger partial charge in [0.15, 0.2) is 0 Å². The number of aromatic nitrogens is 1. The molecule has 0 saturated carbocycles. The quantitative estimate of drug-likeness (QED) is 0.459. The van der Waals surface area contributed by atoms with E-state index in [1.54, 1.807) is 0 Å². The highest BCUT2D eigenvalue weighted by molar-refractivity contribution is 6.09. The van der Waals surface area contributed by atoms with Gasteiger partial charge >= 0.3 is 0 Å². The number of carbonyl (C=O) groups excluding carboxylic acids is 1. The molecule has 4 N–H and O–H groups in total. The van der Waals surface area contributed by atoms with Crippen LogP contribution in [-0.2, 0) is 4.79 Å². The molecule has 22 heavy (non-hydrogen) atoms. The molecule has 0 saturated heterocycles. The Labute approximate surface area is 131 Å². The van der Waals surface area contributed by atoms with Crippen LogP contribution in [0.25, 0.3) is 5.57 Å². The molecule has 118 valence electrons. The van der Waals surface area contributed by atoms with Gasteiger partial charge in [0, 0.05) is 43.6 Å². The number of hydrogen-bond donors (Lipinski definition) is 4. The Morgan fingerprint density at radius 2 is 1.95 bits per heavy atom. The fourth-order valence-electron chi connectivity index (χ4n) is 2.03. The zero-order valence-electron chi connectivity index (χ0n) is 13.5. The Bertz CT molecular complexity index is 615. The minimum absolute atomic E-state index is 0.0809. The Hall–Kier alpha value is -2.50. The van der Waals surface area contributed by atoms with E-state index in [-0.39, 0.29) is 5.91 Å². The van der Waals surface area contributed by atoms with Crippen LogP contribution in [0.15, 0.2) is 11.6 Å². The van der Waals surface area contributed by atoms with Crippen molar-refractivity contribution < 1.29 is 4.79 Å². The number of nitrogens with one attached hydrogen (secondary N) is 4. The molecule has 0 aliphatic heterocycles. The van der Waals surface area contributed by atoms with Crippen LogP contribution in [0.2, 0.25) is 0 Å². The first-order valence-corrected chi connectivity index (χ1v) is 7.09. The highest BCUT2D eigenvalue weighted by Crippen LogP contribution is 2.22. The van der Waals surface area contributed by atoms with Gasteiger partial charge in [-0.2, -0.15) is 0 Å². The summed E-state index contributed by atoms with van der Waals surface area (Å²) in [5.41, 5.74) is 4.12. The molecule has 1 aromatic heterocycles. The van der Waals surface area contributed by atoms with Crippen molar-refractivity contribution in [2.75, 3.05) is 18.4 Å². The molecule has 6 heteroatoms. The SMILES string of the molecule is CC(=O)NCCNc1nc(C(C=N)=C(C)C)cc(C)c1C=N. The fraction of sp³-hybridized carbons (Fsp3) is 0.375. The van der Waals surface area contributed by atoms with E-state index in [4.69, 9.17) is 10.8 Å². The van der Waals surface area contributed by atoms with E-state index in [9.17, 15) is 4.79 Å². The maximum absolute atomic E-state index is 10.9. The summed E-state index contributed by atoms with van der Waals surface area (Å²) in [5.74, 6) is 0.513. The van der Waals surface area contributed by atoms with E-state index in [0.717, 1.165) is 16.7 Å². The fourth-order valence-corrected chi connectivity index (χ4v) is 2.03. The van der Waals surface area contributed by atoms with Gasteiger partial charge in [-0.3, -0.25) is 4.79 Å². The van der Waals surface area contributed by atoms with Crippen LogP contribution in [0.1, 0.15) is 37.6 Å². The van der Waals surface area contributed by atoms with Crippen LogP contribution in [0, 0.1) is 17.7 Å². The van der Waals surface area contributed by atoms with Crippen LogP contribution in [0.5, 0.6) is 0 Å². The Morgan fingerprint density at radius 1 is 1.27 bits per heavy atom. The van der Waals surface area contributed by atoms with Crippen molar-refractivity contribution in [3.05, 3.63) is 28.5 Å². The molecule has 6 nitrogen and oxygen atoms in total. The number of pyridine rings is 1. The van der Waals surface area contributed by atoms with Crippen molar-refractivity contribution in [2.45, 2.75) is 27.7 Å². The summed E-state index contributed by atoms with van der Waals surface area (Å²) in [4.78, 5) is 15.4. The number of anilines is 1. The summed E-state index contributed by atoms with van der Waals surface area (Å²) in [5, 5.41) is 20.9. The van der Waals surface area contributed by atoms with Crippen molar-refractivity contribution in [1.82, 2.24) is 10.3 Å². The molecular formula is C16H23N5O. The standard InChI is InChI=1S/C16H23N5O/c1-10(2)13(8-17)15-7-11(3)14(9-18)16(21-15)20-6-5-19-12(4)22/h7-9,17-18H,5-6H2,1-4H3,(H,19,22)(H,20,21). The second-order valence-electron chi connectivity index (χ2n) is 5.20. The van der Waals surface area contributed by atoms with Crippen LogP contribution in [-0.4, -0.2) is 36.4 Å². The molecule has 0 aliphatic rings. The van der Waals surface area contributed by atoms with Crippen molar-refractivity contribution in [3.8, 4) is 0 Å².